The quantitative estimate of drug-likeness (QED) is 0.905. The highest BCUT2D eigenvalue weighted by Gasteiger charge is 2.27. The van der Waals surface area contributed by atoms with Gasteiger partial charge in [0.2, 0.25) is 5.91 Å². The number of nitrogens with zero attached hydrogens (tertiary/aromatic N) is 2. The van der Waals surface area contributed by atoms with E-state index in [1.807, 2.05) is 18.9 Å². The fourth-order valence-electron chi connectivity index (χ4n) is 2.54. The minimum absolute atomic E-state index is 0.185. The van der Waals surface area contributed by atoms with Crippen LogP contribution in [0.3, 0.4) is 0 Å². The first-order valence-electron chi connectivity index (χ1n) is 7.45. The third kappa shape index (κ3) is 3.40. The molecule has 1 aliphatic rings. The van der Waals surface area contributed by atoms with Crippen LogP contribution in [-0.2, 0) is 9.53 Å². The Kier molecular flexibility index (Phi) is 4.40. The van der Waals surface area contributed by atoms with Crippen LogP contribution in [-0.4, -0.2) is 53.9 Å². The number of aromatic nitrogens is 2. The summed E-state index contributed by atoms with van der Waals surface area (Å²) in [6, 6.07) is 6.13. The first kappa shape index (κ1) is 15.6. The van der Waals surface area contributed by atoms with Crippen LogP contribution in [0, 0.1) is 12.7 Å². The molecule has 3 rings (SSSR count). The SMILES string of the molecule is Cc1ccc(F)c(-c2cc(NC(=O)[C@H]3COCCN3C)n[nH]2)c1. The summed E-state index contributed by atoms with van der Waals surface area (Å²) in [5.74, 6) is -0.155. The number of amides is 1. The molecule has 2 N–H and O–H groups in total. The van der Waals surface area contributed by atoms with E-state index < -0.39 is 0 Å². The molecule has 1 amide bonds. The van der Waals surface area contributed by atoms with Gasteiger partial charge in [0.25, 0.3) is 0 Å². The second-order valence-corrected chi connectivity index (χ2v) is 5.71. The van der Waals surface area contributed by atoms with Gasteiger partial charge in [0, 0.05) is 18.2 Å². The van der Waals surface area contributed by atoms with E-state index in [0.29, 0.717) is 36.8 Å². The second-order valence-electron chi connectivity index (χ2n) is 5.71. The van der Waals surface area contributed by atoms with Gasteiger partial charge in [-0.3, -0.25) is 14.8 Å². The molecule has 2 aromatic rings. The number of ether oxygens (including phenoxy) is 1. The van der Waals surface area contributed by atoms with E-state index in [-0.39, 0.29) is 17.8 Å². The summed E-state index contributed by atoms with van der Waals surface area (Å²) in [6.07, 6.45) is 0. The summed E-state index contributed by atoms with van der Waals surface area (Å²) in [7, 11) is 1.88. The summed E-state index contributed by atoms with van der Waals surface area (Å²) in [6.45, 7) is 3.57. The molecule has 1 fully saturated rings. The predicted molar refractivity (Wildman–Crippen MR) is 84.6 cm³/mol. The third-order valence-corrected chi connectivity index (χ3v) is 3.94. The monoisotopic (exact) mass is 318 g/mol. The van der Waals surface area contributed by atoms with Gasteiger partial charge in [0.15, 0.2) is 5.82 Å². The van der Waals surface area contributed by atoms with Crippen molar-refractivity contribution in [3.63, 3.8) is 0 Å². The highest BCUT2D eigenvalue weighted by atomic mass is 19.1. The Morgan fingerprint density at radius 2 is 2.30 bits per heavy atom. The molecule has 1 aromatic carbocycles. The fraction of sp³-hybridized carbons (Fsp3) is 0.375. The summed E-state index contributed by atoms with van der Waals surface area (Å²) in [4.78, 5) is 14.2. The Labute approximate surface area is 133 Å². The van der Waals surface area contributed by atoms with E-state index in [0.717, 1.165) is 5.56 Å². The van der Waals surface area contributed by atoms with Gasteiger partial charge >= 0.3 is 0 Å². The zero-order valence-electron chi connectivity index (χ0n) is 13.1. The molecule has 122 valence electrons. The van der Waals surface area contributed by atoms with Gasteiger partial charge in [-0.1, -0.05) is 11.6 Å². The maximum absolute atomic E-state index is 13.9. The number of carbonyl (C=O) groups excluding carboxylic acids is 1. The number of benzene rings is 1. The smallest absolute Gasteiger partial charge is 0.245 e. The van der Waals surface area contributed by atoms with Gasteiger partial charge in [0.05, 0.1) is 18.9 Å². The van der Waals surface area contributed by atoms with Crippen molar-refractivity contribution in [2.24, 2.45) is 0 Å². The average molecular weight is 318 g/mol. The molecule has 1 atom stereocenters. The number of anilines is 1. The van der Waals surface area contributed by atoms with E-state index >= 15 is 0 Å². The molecule has 6 nitrogen and oxygen atoms in total. The summed E-state index contributed by atoms with van der Waals surface area (Å²) >= 11 is 0. The number of H-pyrrole nitrogens is 1. The molecule has 0 saturated carbocycles. The van der Waals surface area contributed by atoms with Gasteiger partial charge in [-0.2, -0.15) is 5.10 Å². The third-order valence-electron chi connectivity index (χ3n) is 3.94. The van der Waals surface area contributed by atoms with E-state index in [1.54, 1.807) is 18.2 Å². The molecule has 0 bridgehead atoms. The van der Waals surface area contributed by atoms with Crippen LogP contribution in [0.15, 0.2) is 24.3 Å². The Bertz CT molecular complexity index is 716. The molecule has 0 unspecified atom stereocenters. The van der Waals surface area contributed by atoms with Crippen LogP contribution in [0.5, 0.6) is 0 Å². The van der Waals surface area contributed by atoms with Crippen molar-refractivity contribution in [1.29, 1.82) is 0 Å². The molecule has 1 saturated heterocycles. The Balaban J connectivity index is 1.74. The van der Waals surface area contributed by atoms with Crippen LogP contribution in [0.25, 0.3) is 11.3 Å². The fourth-order valence-corrected chi connectivity index (χ4v) is 2.54. The van der Waals surface area contributed by atoms with E-state index in [2.05, 4.69) is 15.5 Å². The maximum atomic E-state index is 13.9. The van der Waals surface area contributed by atoms with Crippen molar-refractivity contribution < 1.29 is 13.9 Å². The molecule has 0 radical (unpaired) electrons. The van der Waals surface area contributed by atoms with Crippen molar-refractivity contribution in [2.75, 3.05) is 32.1 Å². The summed E-state index contributed by atoms with van der Waals surface area (Å²) in [5, 5.41) is 9.54. The Morgan fingerprint density at radius 3 is 3.09 bits per heavy atom. The van der Waals surface area contributed by atoms with Crippen molar-refractivity contribution in [3.05, 3.63) is 35.6 Å². The van der Waals surface area contributed by atoms with Crippen LogP contribution in [0.1, 0.15) is 5.56 Å². The first-order chi connectivity index (χ1) is 11.0. The maximum Gasteiger partial charge on any atom is 0.245 e. The first-order valence-corrected chi connectivity index (χ1v) is 7.45. The van der Waals surface area contributed by atoms with Gasteiger partial charge in [0.1, 0.15) is 11.9 Å². The molecular formula is C16H19FN4O2. The molecule has 1 aliphatic heterocycles. The number of morpholine rings is 1. The number of likely N-dealkylation sites (N-methyl/N-ethyl adjacent to an activating group) is 1. The molecule has 2 heterocycles. The number of aromatic amines is 1. The standard InChI is InChI=1S/C16H19FN4O2/c1-10-3-4-12(17)11(7-10)13-8-15(20-19-13)18-16(22)14-9-23-6-5-21(14)2/h3-4,7-8,14H,5-6,9H2,1-2H3,(H2,18,19,20,22)/t14-/m1/s1. The van der Waals surface area contributed by atoms with Crippen molar-refractivity contribution in [3.8, 4) is 11.3 Å². The van der Waals surface area contributed by atoms with E-state index in [1.165, 1.54) is 6.07 Å². The zero-order chi connectivity index (χ0) is 16.4. The van der Waals surface area contributed by atoms with Crippen LogP contribution in [0.4, 0.5) is 10.2 Å². The van der Waals surface area contributed by atoms with Crippen molar-refractivity contribution in [2.45, 2.75) is 13.0 Å². The van der Waals surface area contributed by atoms with Gasteiger partial charge in [-0.15, -0.1) is 0 Å². The molecule has 1 aromatic heterocycles. The van der Waals surface area contributed by atoms with Gasteiger partial charge in [-0.05, 0) is 26.1 Å². The number of hydrogen-bond donors (Lipinski definition) is 2. The molecule has 7 heteroatoms. The molecule has 0 aliphatic carbocycles. The summed E-state index contributed by atoms with van der Waals surface area (Å²) in [5.41, 5.74) is 1.90. The Hall–Kier alpha value is -2.25. The largest absolute Gasteiger partial charge is 0.378 e. The number of rotatable bonds is 3. The normalized spacial score (nSPS) is 18.8. The zero-order valence-corrected chi connectivity index (χ0v) is 13.1. The van der Waals surface area contributed by atoms with Crippen LogP contribution in [0.2, 0.25) is 0 Å². The number of hydrogen-bond acceptors (Lipinski definition) is 4. The number of nitrogens with one attached hydrogen (secondary N) is 2. The lowest BCUT2D eigenvalue weighted by Crippen LogP contribution is -2.49. The average Bonchev–Trinajstić information content (AvgIpc) is 2.98. The van der Waals surface area contributed by atoms with Crippen molar-refractivity contribution >= 4 is 11.7 Å². The van der Waals surface area contributed by atoms with E-state index in [4.69, 9.17) is 4.74 Å². The topological polar surface area (TPSA) is 70.2 Å². The highest BCUT2D eigenvalue weighted by Crippen LogP contribution is 2.24. The highest BCUT2D eigenvalue weighted by molar-refractivity contribution is 5.94. The van der Waals surface area contributed by atoms with Crippen LogP contribution < -0.4 is 5.32 Å². The number of carbonyl (C=O) groups is 1. The minimum atomic E-state index is -0.348. The second kappa shape index (κ2) is 6.47. The number of aryl methyl sites for hydroxylation is 1. The van der Waals surface area contributed by atoms with Crippen LogP contribution >= 0.6 is 0 Å². The molecule has 23 heavy (non-hydrogen) atoms. The lowest BCUT2D eigenvalue weighted by atomic mass is 10.1. The Morgan fingerprint density at radius 1 is 1.48 bits per heavy atom. The van der Waals surface area contributed by atoms with Crippen molar-refractivity contribution in [1.82, 2.24) is 15.1 Å². The lowest BCUT2D eigenvalue weighted by Gasteiger charge is -2.30. The predicted octanol–water partition coefficient (Wildman–Crippen LogP) is 1.79. The lowest BCUT2D eigenvalue weighted by molar-refractivity contribution is -0.126. The van der Waals surface area contributed by atoms with Gasteiger partial charge in [-0.25, -0.2) is 4.39 Å². The van der Waals surface area contributed by atoms with Gasteiger partial charge < -0.3 is 10.1 Å². The summed E-state index contributed by atoms with van der Waals surface area (Å²) < 4.78 is 19.2. The molecule has 0 spiro atoms. The molecular weight excluding hydrogens is 299 g/mol. The number of halogens is 1. The minimum Gasteiger partial charge on any atom is -0.378 e. The van der Waals surface area contributed by atoms with E-state index in [9.17, 15) is 9.18 Å².